The molecule has 0 spiro atoms. The minimum atomic E-state index is -4.82. The van der Waals surface area contributed by atoms with E-state index in [-0.39, 0.29) is 25.5 Å². The highest BCUT2D eigenvalue weighted by Crippen LogP contribution is 2.35. The molecule has 9 nitrogen and oxygen atoms in total. The number of sulfonamides is 1. The van der Waals surface area contributed by atoms with Crippen LogP contribution in [0.3, 0.4) is 0 Å². The van der Waals surface area contributed by atoms with E-state index in [0.29, 0.717) is 48.0 Å². The minimum absolute atomic E-state index is 0.174. The molecule has 0 atom stereocenters. The predicted octanol–water partition coefficient (Wildman–Crippen LogP) is 4.32. The topological polar surface area (TPSA) is 99.9 Å². The van der Waals surface area contributed by atoms with Gasteiger partial charge in [0.1, 0.15) is 5.82 Å². The second-order valence-electron chi connectivity index (χ2n) is 10.0. The Kier molecular flexibility index (Phi) is 7.87. The maximum absolute atomic E-state index is 13.7. The number of aromatic nitrogens is 2. The van der Waals surface area contributed by atoms with Crippen molar-refractivity contribution in [2.75, 3.05) is 49.1 Å². The number of anilines is 2. The maximum atomic E-state index is 13.7. The number of halogens is 3. The molecule has 0 unspecified atom stereocenters. The number of alkyl halides is 3. The van der Waals surface area contributed by atoms with Crippen LogP contribution in [0.1, 0.15) is 46.6 Å². The maximum Gasteiger partial charge on any atom is 0.437 e. The number of benzene rings is 1. The minimum Gasteiger partial charge on any atom is -0.420 e. The number of carbonyl (C=O) groups excluding carboxylic acids is 1. The van der Waals surface area contributed by atoms with Gasteiger partial charge in [-0.05, 0) is 49.4 Å². The van der Waals surface area contributed by atoms with Gasteiger partial charge in [0.2, 0.25) is 21.6 Å². The molecule has 2 saturated heterocycles. The number of Topliss-reactive ketones (excluding diaryl/α,β-unsaturated/α-hetero) is 1. The Balaban J connectivity index is 1.24. The van der Waals surface area contributed by atoms with Gasteiger partial charge in [0.15, 0.2) is 5.69 Å². The molecule has 13 heteroatoms. The van der Waals surface area contributed by atoms with Gasteiger partial charge >= 0.3 is 6.18 Å². The van der Waals surface area contributed by atoms with Gasteiger partial charge in [-0.1, -0.05) is 24.3 Å². The quantitative estimate of drug-likeness (QED) is 0.383. The number of rotatable bonds is 7. The first kappa shape index (κ1) is 28.1. The van der Waals surface area contributed by atoms with Crippen LogP contribution < -0.4 is 9.80 Å². The molecule has 3 aromatic rings. The fourth-order valence-electron chi connectivity index (χ4n) is 5.03. The van der Waals surface area contributed by atoms with Crippen LogP contribution in [0, 0.1) is 6.92 Å². The lowest BCUT2D eigenvalue weighted by Crippen LogP contribution is -2.49. The summed E-state index contributed by atoms with van der Waals surface area (Å²) < 4.78 is 73.9. The highest BCUT2D eigenvalue weighted by atomic mass is 32.2. The van der Waals surface area contributed by atoms with Gasteiger partial charge < -0.3 is 14.2 Å². The fourth-order valence-corrected chi connectivity index (χ4v) is 6.67. The monoisotopic (exact) mass is 577 g/mol. The first-order chi connectivity index (χ1) is 19.0. The zero-order valence-electron chi connectivity index (χ0n) is 22.0. The van der Waals surface area contributed by atoms with E-state index in [2.05, 4.69) is 9.97 Å². The Bertz CT molecular complexity index is 1460. The smallest absolute Gasteiger partial charge is 0.420 e. The van der Waals surface area contributed by atoms with Crippen LogP contribution >= 0.6 is 0 Å². The van der Waals surface area contributed by atoms with Gasteiger partial charge in [0.05, 0.1) is 4.90 Å². The van der Waals surface area contributed by atoms with Crippen molar-refractivity contribution in [1.29, 1.82) is 0 Å². The van der Waals surface area contributed by atoms with E-state index in [1.165, 1.54) is 10.5 Å². The normalized spacial score (nSPS) is 17.3. The molecular formula is C27H30F3N5O4S. The number of carbonyl (C=O) groups is 1. The highest BCUT2D eigenvalue weighted by molar-refractivity contribution is 7.89. The standard InChI is InChI=1S/C27H30F3N5O4S/c1-19-7-3-4-8-22(19)40(37,38)35-15-13-33(14-16-35)23-10-9-20(18-31-23)17-21(36)24-25(27(28,29)30)32-26(39-24)34-11-5-2-6-12-34/h3-4,7-10,18H,2,5-6,11-17H2,1H3. The third-order valence-corrected chi connectivity index (χ3v) is 9.27. The van der Waals surface area contributed by atoms with Crippen LogP contribution in [0.2, 0.25) is 0 Å². The van der Waals surface area contributed by atoms with Crippen LogP contribution in [0.5, 0.6) is 0 Å². The number of pyridine rings is 1. The lowest BCUT2D eigenvalue weighted by molar-refractivity contribution is -0.141. The lowest BCUT2D eigenvalue weighted by atomic mass is 10.1. The molecule has 1 aromatic carbocycles. The average molecular weight is 578 g/mol. The van der Waals surface area contributed by atoms with Crippen LogP contribution in [0.4, 0.5) is 25.0 Å². The molecule has 0 bridgehead atoms. The summed E-state index contributed by atoms with van der Waals surface area (Å²) in [5.74, 6) is -1.03. The molecular weight excluding hydrogens is 547 g/mol. The summed E-state index contributed by atoms with van der Waals surface area (Å²) in [6, 6.07) is 10.00. The number of nitrogens with zero attached hydrogens (tertiary/aromatic N) is 5. The van der Waals surface area contributed by atoms with Crippen molar-refractivity contribution in [1.82, 2.24) is 14.3 Å². The Morgan fingerprint density at radius 1 is 0.950 bits per heavy atom. The van der Waals surface area contributed by atoms with Gasteiger partial charge in [-0.15, -0.1) is 0 Å². The molecule has 5 rings (SSSR count). The van der Waals surface area contributed by atoms with E-state index in [4.69, 9.17) is 4.42 Å². The molecule has 0 radical (unpaired) electrons. The van der Waals surface area contributed by atoms with Crippen molar-refractivity contribution in [3.63, 3.8) is 0 Å². The second kappa shape index (κ2) is 11.2. The van der Waals surface area contributed by atoms with E-state index < -0.39 is 33.4 Å². The predicted molar refractivity (Wildman–Crippen MR) is 142 cm³/mol. The molecule has 2 fully saturated rings. The fraction of sp³-hybridized carbons (Fsp3) is 0.444. The third kappa shape index (κ3) is 5.85. The van der Waals surface area contributed by atoms with Crippen molar-refractivity contribution in [2.45, 2.75) is 43.7 Å². The molecule has 0 aliphatic carbocycles. The summed E-state index contributed by atoms with van der Waals surface area (Å²) >= 11 is 0. The summed E-state index contributed by atoms with van der Waals surface area (Å²) in [5.41, 5.74) is -0.188. The van der Waals surface area contributed by atoms with Crippen LogP contribution in [0.15, 0.2) is 51.9 Å². The number of oxazole rings is 1. The molecule has 2 aliphatic rings. The Hall–Kier alpha value is -3.45. The zero-order chi connectivity index (χ0) is 28.5. The average Bonchev–Trinajstić information content (AvgIpc) is 3.41. The van der Waals surface area contributed by atoms with Gasteiger partial charge in [-0.3, -0.25) is 4.79 Å². The largest absolute Gasteiger partial charge is 0.437 e. The zero-order valence-corrected chi connectivity index (χ0v) is 22.8. The molecule has 0 saturated carbocycles. The molecule has 0 amide bonds. The Labute approximate surface area is 230 Å². The number of hydrogen-bond donors (Lipinski definition) is 0. The van der Waals surface area contributed by atoms with Crippen LogP contribution in [-0.2, 0) is 22.6 Å². The second-order valence-corrected chi connectivity index (χ2v) is 11.9. The summed E-state index contributed by atoms with van der Waals surface area (Å²) in [5, 5.41) is 0. The van der Waals surface area contributed by atoms with Crippen LogP contribution in [0.25, 0.3) is 0 Å². The van der Waals surface area contributed by atoms with Crippen molar-refractivity contribution in [3.8, 4) is 0 Å². The Morgan fingerprint density at radius 2 is 1.65 bits per heavy atom. The van der Waals surface area contributed by atoms with Gasteiger partial charge in [0, 0.05) is 51.9 Å². The third-order valence-electron chi connectivity index (χ3n) is 7.21. The lowest BCUT2D eigenvalue weighted by Gasteiger charge is -2.35. The number of piperazine rings is 1. The number of piperidine rings is 1. The molecule has 214 valence electrons. The van der Waals surface area contributed by atoms with Crippen molar-refractivity contribution in [2.24, 2.45) is 0 Å². The van der Waals surface area contributed by atoms with Gasteiger partial charge in [-0.2, -0.15) is 22.5 Å². The molecule has 2 aliphatic heterocycles. The van der Waals surface area contributed by atoms with E-state index >= 15 is 0 Å². The van der Waals surface area contributed by atoms with Crippen molar-refractivity contribution in [3.05, 3.63) is 65.2 Å². The summed E-state index contributed by atoms with van der Waals surface area (Å²) in [6.45, 7) is 4.23. The first-order valence-corrected chi connectivity index (χ1v) is 14.6. The van der Waals surface area contributed by atoms with E-state index in [0.717, 1.165) is 19.3 Å². The van der Waals surface area contributed by atoms with Gasteiger partial charge in [-0.25, -0.2) is 13.4 Å². The molecule has 40 heavy (non-hydrogen) atoms. The number of ketones is 1. The summed E-state index contributed by atoms with van der Waals surface area (Å²) in [6.07, 6.45) is -1.07. The van der Waals surface area contributed by atoms with Crippen molar-refractivity contribution < 1.29 is 30.8 Å². The van der Waals surface area contributed by atoms with Crippen molar-refractivity contribution >= 4 is 27.6 Å². The van der Waals surface area contributed by atoms with E-state index in [1.54, 1.807) is 48.2 Å². The van der Waals surface area contributed by atoms with E-state index in [1.807, 2.05) is 4.90 Å². The summed E-state index contributed by atoms with van der Waals surface area (Å²) in [4.78, 5) is 24.8. The SMILES string of the molecule is Cc1ccccc1S(=O)(=O)N1CCN(c2ccc(CC(=O)c3oc(N4CCCCC4)nc3C(F)(F)F)cn2)CC1. The summed E-state index contributed by atoms with van der Waals surface area (Å²) in [7, 11) is -3.61. The van der Waals surface area contributed by atoms with Crippen LogP contribution in [-0.4, -0.2) is 67.7 Å². The molecule has 4 heterocycles. The first-order valence-electron chi connectivity index (χ1n) is 13.2. The molecule has 0 N–H and O–H groups in total. The highest BCUT2D eigenvalue weighted by Gasteiger charge is 2.42. The van der Waals surface area contributed by atoms with E-state index in [9.17, 15) is 26.4 Å². The molecule has 2 aromatic heterocycles. The Morgan fingerprint density at radius 3 is 2.27 bits per heavy atom. The van der Waals surface area contributed by atoms with Gasteiger partial charge in [0.25, 0.3) is 6.01 Å². The number of aryl methyl sites for hydroxylation is 1. The number of hydrogen-bond acceptors (Lipinski definition) is 8.